The zero-order valence-corrected chi connectivity index (χ0v) is 14.0. The molecule has 0 fully saturated rings. The Bertz CT molecular complexity index is 639. The third-order valence-corrected chi connectivity index (χ3v) is 2.84. The van der Waals surface area contributed by atoms with Gasteiger partial charge < -0.3 is 11.1 Å². The minimum atomic E-state index is 0. The lowest BCUT2D eigenvalue weighted by Gasteiger charge is -2.06. The summed E-state index contributed by atoms with van der Waals surface area (Å²) in [6, 6.07) is 17.3. The van der Waals surface area contributed by atoms with E-state index in [0.29, 0.717) is 18.1 Å². The van der Waals surface area contributed by atoms with Crippen LogP contribution in [0.2, 0.25) is 0 Å². The molecule has 0 saturated carbocycles. The summed E-state index contributed by atoms with van der Waals surface area (Å²) in [6.45, 7) is 2.52. The quantitative estimate of drug-likeness (QED) is 0.478. The van der Waals surface area contributed by atoms with Crippen molar-refractivity contribution in [2.24, 2.45) is 10.7 Å². The molecule has 2 aromatic rings. The van der Waals surface area contributed by atoms with E-state index in [2.05, 4.69) is 16.4 Å². The van der Waals surface area contributed by atoms with Crippen LogP contribution in [-0.2, 0) is 6.54 Å². The second kappa shape index (κ2) is 8.27. The molecule has 0 saturated heterocycles. The van der Waals surface area contributed by atoms with Gasteiger partial charge in [-0.1, -0.05) is 29.8 Å². The number of guanidine groups is 1. The Morgan fingerprint density at radius 1 is 1.14 bits per heavy atom. The van der Waals surface area contributed by atoms with Crippen molar-refractivity contribution in [2.75, 3.05) is 5.32 Å². The number of nitriles is 1. The second-order valence-electron chi connectivity index (χ2n) is 4.50. The van der Waals surface area contributed by atoms with E-state index in [4.69, 9.17) is 11.0 Å². The highest BCUT2D eigenvalue weighted by Gasteiger charge is 1.96. The number of nitrogens with one attached hydrogen (secondary N) is 1. The third kappa shape index (κ3) is 5.44. The van der Waals surface area contributed by atoms with Gasteiger partial charge in [0.1, 0.15) is 0 Å². The van der Waals surface area contributed by atoms with Gasteiger partial charge in [-0.2, -0.15) is 5.26 Å². The smallest absolute Gasteiger partial charge is 0.193 e. The van der Waals surface area contributed by atoms with E-state index in [-0.39, 0.29) is 24.0 Å². The van der Waals surface area contributed by atoms with Crippen LogP contribution in [0.1, 0.15) is 16.7 Å². The van der Waals surface area contributed by atoms with Gasteiger partial charge in [0, 0.05) is 5.69 Å². The number of aliphatic imine (C=N–C) groups is 1. The summed E-state index contributed by atoms with van der Waals surface area (Å²) in [5.41, 5.74) is 9.60. The van der Waals surface area contributed by atoms with E-state index in [1.165, 1.54) is 5.56 Å². The number of anilines is 1. The van der Waals surface area contributed by atoms with E-state index >= 15 is 0 Å². The molecule has 4 nitrogen and oxygen atoms in total. The van der Waals surface area contributed by atoms with Gasteiger partial charge in [-0.25, -0.2) is 4.99 Å². The van der Waals surface area contributed by atoms with Crippen molar-refractivity contribution in [3.05, 3.63) is 65.2 Å². The fourth-order valence-corrected chi connectivity index (χ4v) is 1.69. The maximum absolute atomic E-state index is 8.72. The lowest BCUT2D eigenvalue weighted by molar-refractivity contribution is 1.06. The third-order valence-electron chi connectivity index (χ3n) is 2.84. The Morgan fingerprint density at radius 2 is 1.76 bits per heavy atom. The highest BCUT2D eigenvalue weighted by molar-refractivity contribution is 14.0. The molecule has 5 heteroatoms. The molecule has 2 rings (SSSR count). The van der Waals surface area contributed by atoms with Gasteiger partial charge in [0.25, 0.3) is 0 Å². The first kappa shape index (κ1) is 17.0. The van der Waals surface area contributed by atoms with Crippen molar-refractivity contribution >= 4 is 35.6 Å². The van der Waals surface area contributed by atoms with Crippen LogP contribution in [0.15, 0.2) is 53.5 Å². The van der Waals surface area contributed by atoms with E-state index in [0.717, 1.165) is 11.3 Å². The fraction of sp³-hybridized carbons (Fsp3) is 0.125. The average Bonchev–Trinajstić information content (AvgIpc) is 2.48. The standard InChI is InChI=1S/C16H16N4.HI/c1-12-2-8-15(9-3-12)20-16(18)19-11-14-6-4-13(10-17)5-7-14;/h2-9H,11H2,1H3,(H3,18,19,20);1H. The van der Waals surface area contributed by atoms with Crippen molar-refractivity contribution in [1.82, 2.24) is 0 Å². The van der Waals surface area contributed by atoms with Crippen LogP contribution < -0.4 is 11.1 Å². The summed E-state index contributed by atoms with van der Waals surface area (Å²) in [4.78, 5) is 4.27. The van der Waals surface area contributed by atoms with Crippen molar-refractivity contribution in [3.63, 3.8) is 0 Å². The number of hydrogen-bond donors (Lipinski definition) is 2. The summed E-state index contributed by atoms with van der Waals surface area (Å²) in [5, 5.41) is 11.8. The highest BCUT2D eigenvalue weighted by atomic mass is 127. The van der Waals surface area contributed by atoms with Crippen LogP contribution in [0, 0.1) is 18.3 Å². The van der Waals surface area contributed by atoms with E-state index in [1.54, 1.807) is 12.1 Å². The van der Waals surface area contributed by atoms with Crippen LogP contribution in [-0.4, -0.2) is 5.96 Å². The number of rotatable bonds is 3. The molecule has 0 heterocycles. The largest absolute Gasteiger partial charge is 0.370 e. The first-order valence-electron chi connectivity index (χ1n) is 6.30. The molecule has 0 aliphatic carbocycles. The second-order valence-corrected chi connectivity index (χ2v) is 4.50. The summed E-state index contributed by atoms with van der Waals surface area (Å²) >= 11 is 0. The van der Waals surface area contributed by atoms with Gasteiger partial charge in [0.2, 0.25) is 0 Å². The molecule has 0 unspecified atom stereocenters. The number of halogens is 1. The summed E-state index contributed by atoms with van der Waals surface area (Å²) in [5.74, 6) is 0.373. The number of nitrogens with two attached hydrogens (primary N) is 1. The Morgan fingerprint density at radius 3 is 2.33 bits per heavy atom. The zero-order valence-electron chi connectivity index (χ0n) is 11.7. The Hall–Kier alpha value is -2.07. The zero-order chi connectivity index (χ0) is 14.4. The normalized spacial score (nSPS) is 10.4. The number of nitrogens with zero attached hydrogens (tertiary/aromatic N) is 2. The number of aryl methyl sites for hydroxylation is 1. The molecule has 21 heavy (non-hydrogen) atoms. The predicted molar refractivity (Wildman–Crippen MR) is 96.7 cm³/mol. The maximum atomic E-state index is 8.72. The molecular weight excluding hydrogens is 375 g/mol. The van der Waals surface area contributed by atoms with Gasteiger partial charge in [0.15, 0.2) is 5.96 Å². The minimum absolute atomic E-state index is 0. The Labute approximate surface area is 141 Å². The Balaban J connectivity index is 0.00000220. The fourth-order valence-electron chi connectivity index (χ4n) is 1.69. The molecule has 0 atom stereocenters. The van der Waals surface area contributed by atoms with Crippen LogP contribution in [0.4, 0.5) is 5.69 Å². The molecule has 0 amide bonds. The van der Waals surface area contributed by atoms with Gasteiger partial charge in [-0.05, 0) is 36.8 Å². The van der Waals surface area contributed by atoms with E-state index in [9.17, 15) is 0 Å². The molecule has 0 spiro atoms. The van der Waals surface area contributed by atoms with Crippen molar-refractivity contribution < 1.29 is 0 Å². The SMILES string of the molecule is Cc1ccc(NC(N)=NCc2ccc(C#N)cc2)cc1.I. The molecule has 0 aliphatic rings. The summed E-state index contributed by atoms with van der Waals surface area (Å²) in [7, 11) is 0. The molecule has 108 valence electrons. The van der Waals surface area contributed by atoms with Crippen molar-refractivity contribution in [3.8, 4) is 6.07 Å². The van der Waals surface area contributed by atoms with E-state index in [1.807, 2.05) is 43.3 Å². The molecule has 0 aliphatic heterocycles. The molecule has 2 aromatic carbocycles. The van der Waals surface area contributed by atoms with Gasteiger partial charge in [-0.15, -0.1) is 24.0 Å². The lowest BCUT2D eigenvalue weighted by Crippen LogP contribution is -2.22. The van der Waals surface area contributed by atoms with Crippen LogP contribution in [0.3, 0.4) is 0 Å². The highest BCUT2D eigenvalue weighted by Crippen LogP contribution is 2.08. The molecule has 0 radical (unpaired) electrons. The predicted octanol–water partition coefficient (Wildman–Crippen LogP) is 3.41. The molecule has 3 N–H and O–H groups in total. The summed E-state index contributed by atoms with van der Waals surface area (Å²) < 4.78 is 0. The molecule has 0 aromatic heterocycles. The van der Waals surface area contributed by atoms with E-state index < -0.39 is 0 Å². The first-order chi connectivity index (χ1) is 9.67. The van der Waals surface area contributed by atoms with Gasteiger partial charge in [-0.3, -0.25) is 0 Å². The average molecular weight is 392 g/mol. The van der Waals surface area contributed by atoms with Crippen LogP contribution >= 0.6 is 24.0 Å². The maximum Gasteiger partial charge on any atom is 0.193 e. The number of benzene rings is 2. The molecule has 0 bridgehead atoms. The number of hydrogen-bond acceptors (Lipinski definition) is 2. The monoisotopic (exact) mass is 392 g/mol. The minimum Gasteiger partial charge on any atom is -0.370 e. The Kier molecular flexibility index (Phi) is 6.69. The topological polar surface area (TPSA) is 74.2 Å². The molecular formula is C16H17IN4. The summed E-state index contributed by atoms with van der Waals surface area (Å²) in [6.07, 6.45) is 0. The van der Waals surface area contributed by atoms with Crippen LogP contribution in [0.25, 0.3) is 0 Å². The first-order valence-corrected chi connectivity index (χ1v) is 6.30. The van der Waals surface area contributed by atoms with Crippen molar-refractivity contribution in [2.45, 2.75) is 13.5 Å². The lowest BCUT2D eigenvalue weighted by atomic mass is 10.1. The van der Waals surface area contributed by atoms with Gasteiger partial charge >= 0.3 is 0 Å². The van der Waals surface area contributed by atoms with Crippen molar-refractivity contribution in [1.29, 1.82) is 5.26 Å². The van der Waals surface area contributed by atoms with Crippen LogP contribution in [0.5, 0.6) is 0 Å². The van der Waals surface area contributed by atoms with Gasteiger partial charge in [0.05, 0.1) is 18.2 Å².